The Bertz CT molecular complexity index is 396. The van der Waals surface area contributed by atoms with Crippen LogP contribution in [-0.2, 0) is 6.42 Å². The molecule has 0 amide bonds. The van der Waals surface area contributed by atoms with E-state index in [0.717, 1.165) is 19.0 Å². The molecule has 2 nitrogen and oxygen atoms in total. The molecule has 2 N–H and O–H groups in total. The maximum Gasteiger partial charge on any atom is 0.0294 e. The van der Waals surface area contributed by atoms with E-state index in [1.165, 1.54) is 24.0 Å². The first kappa shape index (κ1) is 15.5. The van der Waals surface area contributed by atoms with E-state index in [2.05, 4.69) is 62.6 Å². The predicted molar refractivity (Wildman–Crippen MR) is 87.0 cm³/mol. The summed E-state index contributed by atoms with van der Waals surface area (Å²) in [4.78, 5) is 0. The highest BCUT2D eigenvalue weighted by Crippen LogP contribution is 2.19. The Labute approximate surface area is 124 Å². The molecule has 1 heterocycles. The molecule has 1 aromatic rings. The Balaban J connectivity index is 1.93. The van der Waals surface area contributed by atoms with Crippen LogP contribution in [0.25, 0.3) is 0 Å². The van der Waals surface area contributed by atoms with Gasteiger partial charge in [-0.1, -0.05) is 45.0 Å². The fourth-order valence-corrected chi connectivity index (χ4v) is 3.09. The molecule has 112 valence electrons. The predicted octanol–water partition coefficient (Wildman–Crippen LogP) is 3.53. The Morgan fingerprint density at radius 2 is 1.90 bits per heavy atom. The molecule has 3 unspecified atom stereocenters. The average Bonchev–Trinajstić information content (AvgIpc) is 2.41. The smallest absolute Gasteiger partial charge is 0.0294 e. The highest BCUT2D eigenvalue weighted by molar-refractivity contribution is 5.25. The average molecular weight is 274 g/mol. The van der Waals surface area contributed by atoms with Gasteiger partial charge in [0.15, 0.2) is 0 Å². The third-order valence-electron chi connectivity index (χ3n) is 4.37. The largest absolute Gasteiger partial charge is 0.316 e. The van der Waals surface area contributed by atoms with Crippen LogP contribution < -0.4 is 10.6 Å². The van der Waals surface area contributed by atoms with Gasteiger partial charge in [-0.15, -0.1) is 0 Å². The van der Waals surface area contributed by atoms with Gasteiger partial charge in [0.25, 0.3) is 0 Å². The minimum absolute atomic E-state index is 0.439. The van der Waals surface area contributed by atoms with E-state index in [4.69, 9.17) is 0 Å². The van der Waals surface area contributed by atoms with Gasteiger partial charge in [-0.25, -0.2) is 0 Å². The van der Waals surface area contributed by atoms with Crippen molar-refractivity contribution in [3.63, 3.8) is 0 Å². The lowest BCUT2D eigenvalue weighted by molar-refractivity contribution is 0.278. The van der Waals surface area contributed by atoms with Crippen molar-refractivity contribution >= 4 is 0 Å². The summed E-state index contributed by atoms with van der Waals surface area (Å²) < 4.78 is 0. The molecule has 0 saturated carbocycles. The first-order valence-electron chi connectivity index (χ1n) is 8.12. The van der Waals surface area contributed by atoms with E-state index in [1.54, 1.807) is 0 Å². The van der Waals surface area contributed by atoms with Crippen LogP contribution in [0.3, 0.4) is 0 Å². The van der Waals surface area contributed by atoms with Crippen molar-refractivity contribution in [2.45, 2.75) is 52.6 Å². The number of hydrogen-bond donors (Lipinski definition) is 2. The van der Waals surface area contributed by atoms with Crippen LogP contribution in [0, 0.1) is 11.8 Å². The summed E-state index contributed by atoms with van der Waals surface area (Å²) in [6.07, 6.45) is 2.41. The summed E-state index contributed by atoms with van der Waals surface area (Å²) in [5.41, 5.74) is 2.86. The van der Waals surface area contributed by atoms with E-state index >= 15 is 0 Å². The molecule has 0 bridgehead atoms. The summed E-state index contributed by atoms with van der Waals surface area (Å²) in [6.45, 7) is 11.4. The van der Waals surface area contributed by atoms with Gasteiger partial charge in [-0.2, -0.15) is 0 Å². The van der Waals surface area contributed by atoms with Crippen LogP contribution in [-0.4, -0.2) is 19.1 Å². The zero-order valence-corrected chi connectivity index (χ0v) is 13.4. The van der Waals surface area contributed by atoms with Crippen LogP contribution in [0.15, 0.2) is 24.3 Å². The molecule has 3 atom stereocenters. The van der Waals surface area contributed by atoms with Gasteiger partial charge in [0.1, 0.15) is 0 Å². The van der Waals surface area contributed by atoms with Crippen LogP contribution in [0.2, 0.25) is 0 Å². The fourth-order valence-electron chi connectivity index (χ4n) is 3.09. The molecule has 0 spiro atoms. The highest BCUT2D eigenvalue weighted by atomic mass is 15.0. The fraction of sp³-hybridized carbons (Fsp3) is 0.667. The van der Waals surface area contributed by atoms with Gasteiger partial charge in [-0.05, 0) is 55.8 Å². The Hall–Kier alpha value is -0.860. The molecule has 1 aromatic carbocycles. The molecule has 0 aromatic heterocycles. The zero-order valence-electron chi connectivity index (χ0n) is 13.4. The quantitative estimate of drug-likeness (QED) is 0.858. The zero-order chi connectivity index (χ0) is 14.5. The molecule has 1 saturated heterocycles. The number of benzene rings is 1. The summed E-state index contributed by atoms with van der Waals surface area (Å²) >= 11 is 0. The van der Waals surface area contributed by atoms with E-state index in [9.17, 15) is 0 Å². The van der Waals surface area contributed by atoms with Crippen LogP contribution in [0.4, 0.5) is 0 Å². The normalized spacial score (nSPS) is 24.9. The van der Waals surface area contributed by atoms with Gasteiger partial charge in [-0.3, -0.25) is 0 Å². The number of rotatable bonds is 5. The highest BCUT2D eigenvalue weighted by Gasteiger charge is 2.22. The lowest BCUT2D eigenvalue weighted by Crippen LogP contribution is -2.47. The number of piperidine rings is 1. The minimum Gasteiger partial charge on any atom is -0.316 e. The maximum absolute atomic E-state index is 3.81. The van der Waals surface area contributed by atoms with Crippen molar-refractivity contribution in [1.29, 1.82) is 0 Å². The molecule has 0 aliphatic carbocycles. The molecular weight excluding hydrogens is 244 g/mol. The van der Waals surface area contributed by atoms with E-state index in [-0.39, 0.29) is 0 Å². The first-order chi connectivity index (χ1) is 9.56. The monoisotopic (exact) mass is 274 g/mol. The summed E-state index contributed by atoms with van der Waals surface area (Å²) in [5, 5.41) is 7.27. The third kappa shape index (κ3) is 4.32. The van der Waals surface area contributed by atoms with Crippen molar-refractivity contribution in [3.8, 4) is 0 Å². The van der Waals surface area contributed by atoms with Crippen molar-refractivity contribution < 1.29 is 0 Å². The van der Waals surface area contributed by atoms with Crippen molar-refractivity contribution in [1.82, 2.24) is 10.6 Å². The molecule has 0 radical (unpaired) electrons. The second-order valence-corrected chi connectivity index (χ2v) is 6.80. The Morgan fingerprint density at radius 1 is 1.20 bits per heavy atom. The minimum atomic E-state index is 0.439. The topological polar surface area (TPSA) is 24.1 Å². The van der Waals surface area contributed by atoms with E-state index < -0.39 is 0 Å². The second-order valence-electron chi connectivity index (χ2n) is 6.80. The lowest BCUT2D eigenvalue weighted by Gasteiger charge is -2.33. The van der Waals surface area contributed by atoms with Crippen molar-refractivity contribution in [2.75, 3.05) is 13.1 Å². The van der Waals surface area contributed by atoms with Gasteiger partial charge in [0.2, 0.25) is 0 Å². The van der Waals surface area contributed by atoms with Gasteiger partial charge in [0.05, 0.1) is 0 Å². The van der Waals surface area contributed by atoms with Gasteiger partial charge < -0.3 is 10.6 Å². The molecule has 20 heavy (non-hydrogen) atoms. The third-order valence-corrected chi connectivity index (χ3v) is 4.37. The summed E-state index contributed by atoms with van der Waals surface area (Å²) in [6, 6.07) is 10.2. The molecule has 1 fully saturated rings. The Morgan fingerprint density at radius 3 is 2.50 bits per heavy atom. The van der Waals surface area contributed by atoms with Gasteiger partial charge in [0, 0.05) is 12.1 Å². The molecular formula is C18H30N2. The van der Waals surface area contributed by atoms with Gasteiger partial charge >= 0.3 is 0 Å². The van der Waals surface area contributed by atoms with Crippen LogP contribution >= 0.6 is 0 Å². The first-order valence-corrected chi connectivity index (χ1v) is 8.12. The second kappa shape index (κ2) is 7.24. The van der Waals surface area contributed by atoms with Crippen LogP contribution in [0.5, 0.6) is 0 Å². The van der Waals surface area contributed by atoms with Crippen LogP contribution in [0.1, 0.15) is 51.3 Å². The number of nitrogens with one attached hydrogen (secondary N) is 2. The van der Waals surface area contributed by atoms with E-state index in [1.807, 2.05) is 0 Å². The summed E-state index contributed by atoms with van der Waals surface area (Å²) in [5.74, 6) is 1.44. The lowest BCUT2D eigenvalue weighted by atomic mass is 9.93. The summed E-state index contributed by atoms with van der Waals surface area (Å²) in [7, 11) is 0. The SMILES string of the molecule is CC(C)Cc1ccc(C(C)NC2CCNCC2C)cc1. The molecule has 2 heteroatoms. The maximum atomic E-state index is 3.81. The van der Waals surface area contributed by atoms with Crippen molar-refractivity contribution in [3.05, 3.63) is 35.4 Å². The van der Waals surface area contributed by atoms with E-state index in [0.29, 0.717) is 18.0 Å². The van der Waals surface area contributed by atoms with Crippen molar-refractivity contribution in [2.24, 2.45) is 11.8 Å². The Kier molecular flexibility index (Phi) is 5.62. The molecule has 1 aliphatic heterocycles. The standard InChI is InChI=1S/C18H30N2/c1-13(2)11-16-5-7-17(8-6-16)15(4)20-18-9-10-19-12-14(18)3/h5-8,13-15,18-20H,9-12H2,1-4H3. The molecule has 1 aliphatic rings. The molecule has 2 rings (SSSR count). The number of hydrogen-bond acceptors (Lipinski definition) is 2.